The van der Waals surface area contributed by atoms with Crippen LogP contribution < -0.4 is 4.74 Å². The molecule has 3 aromatic rings. The van der Waals surface area contributed by atoms with Crippen LogP contribution in [-0.4, -0.2) is 36.8 Å². The van der Waals surface area contributed by atoms with Crippen molar-refractivity contribution in [3.05, 3.63) is 89.5 Å². The Balaban J connectivity index is 1.51. The number of hydrogen-bond acceptors (Lipinski definition) is 3. The van der Waals surface area contributed by atoms with Gasteiger partial charge in [0.25, 0.3) is 0 Å². The number of fused-ring (bicyclic) bond motifs is 1. The largest absolute Gasteiger partial charge is 0.496 e. The predicted molar refractivity (Wildman–Crippen MR) is 110 cm³/mol. The topological polar surface area (TPSA) is 46.6 Å². The predicted octanol–water partition coefficient (Wildman–Crippen LogP) is 4.04. The highest BCUT2D eigenvalue weighted by Crippen LogP contribution is 2.29. The maximum absolute atomic E-state index is 12.6. The van der Waals surface area contributed by atoms with Crippen LogP contribution in [0, 0.1) is 0 Å². The molecule has 0 bridgehead atoms. The molecule has 0 saturated heterocycles. The maximum atomic E-state index is 12.6. The fourth-order valence-corrected chi connectivity index (χ4v) is 3.68. The number of ether oxygens (including phenoxy) is 1. The molecule has 1 heterocycles. The van der Waals surface area contributed by atoms with E-state index in [0.717, 1.165) is 22.1 Å². The lowest BCUT2D eigenvalue weighted by molar-refractivity contribution is -0.124. The molecule has 0 saturated carbocycles. The number of rotatable bonds is 6. The molecule has 1 amide bonds. The van der Waals surface area contributed by atoms with Crippen LogP contribution in [-0.2, 0) is 11.2 Å². The minimum Gasteiger partial charge on any atom is -0.496 e. The fraction of sp³-hybridized carbons (Fsp3) is 0.167. The first-order valence-electron chi connectivity index (χ1n) is 9.31. The van der Waals surface area contributed by atoms with E-state index in [1.165, 1.54) is 6.08 Å². The highest BCUT2D eigenvalue weighted by Gasteiger charge is 2.26. The van der Waals surface area contributed by atoms with Crippen molar-refractivity contribution in [2.45, 2.75) is 6.42 Å². The molecule has 0 N–H and O–H groups in total. The molecule has 28 heavy (non-hydrogen) atoms. The minimum absolute atomic E-state index is 0.0841. The summed E-state index contributed by atoms with van der Waals surface area (Å²) in [4.78, 5) is 26.8. The Labute approximate surface area is 164 Å². The van der Waals surface area contributed by atoms with Gasteiger partial charge >= 0.3 is 0 Å². The van der Waals surface area contributed by atoms with Crippen LogP contribution in [0.5, 0.6) is 5.75 Å². The third-order valence-corrected chi connectivity index (χ3v) is 5.15. The molecule has 0 radical (unpaired) electrons. The summed E-state index contributed by atoms with van der Waals surface area (Å²) in [6, 6.07) is 21.2. The number of benzene rings is 3. The summed E-state index contributed by atoms with van der Waals surface area (Å²) in [7, 11) is 1.66. The van der Waals surface area contributed by atoms with E-state index in [2.05, 4.69) is 12.1 Å². The lowest BCUT2D eigenvalue weighted by Gasteiger charge is -2.18. The summed E-state index contributed by atoms with van der Waals surface area (Å²) in [6.07, 6.45) is 2.13. The number of carbonyl (C=O) groups is 2. The van der Waals surface area contributed by atoms with Gasteiger partial charge in [-0.05, 0) is 23.3 Å². The van der Waals surface area contributed by atoms with Crippen LogP contribution in [0.25, 0.3) is 10.8 Å². The van der Waals surface area contributed by atoms with E-state index in [-0.39, 0.29) is 11.7 Å². The second-order valence-electron chi connectivity index (χ2n) is 6.84. The summed E-state index contributed by atoms with van der Waals surface area (Å²) >= 11 is 0. The monoisotopic (exact) mass is 371 g/mol. The molecule has 4 heteroatoms. The lowest BCUT2D eigenvalue weighted by Crippen LogP contribution is -2.29. The number of amides is 1. The number of hydrogen-bond donors (Lipinski definition) is 0. The van der Waals surface area contributed by atoms with Gasteiger partial charge in [-0.2, -0.15) is 0 Å². The average molecular weight is 371 g/mol. The summed E-state index contributed by atoms with van der Waals surface area (Å²) < 4.78 is 5.54. The third kappa shape index (κ3) is 3.41. The number of Topliss-reactive ketones (excluding diaryl/α,β-unsaturated/α-hetero) is 1. The van der Waals surface area contributed by atoms with Crippen molar-refractivity contribution in [3.8, 4) is 5.75 Å². The van der Waals surface area contributed by atoms with Crippen molar-refractivity contribution in [2.24, 2.45) is 0 Å². The Bertz CT molecular complexity index is 1070. The Morgan fingerprint density at radius 1 is 1.00 bits per heavy atom. The molecule has 0 aliphatic carbocycles. The summed E-state index contributed by atoms with van der Waals surface area (Å²) in [6.45, 7) is 0.880. The Morgan fingerprint density at radius 2 is 1.75 bits per heavy atom. The third-order valence-electron chi connectivity index (χ3n) is 5.15. The zero-order valence-electron chi connectivity index (χ0n) is 15.7. The molecule has 0 spiro atoms. The first-order chi connectivity index (χ1) is 13.7. The highest BCUT2D eigenvalue weighted by atomic mass is 16.5. The highest BCUT2D eigenvalue weighted by molar-refractivity contribution is 6.14. The van der Waals surface area contributed by atoms with Crippen LogP contribution in [0.2, 0.25) is 0 Å². The van der Waals surface area contributed by atoms with Gasteiger partial charge in [-0.1, -0.05) is 60.7 Å². The van der Waals surface area contributed by atoms with Gasteiger partial charge in [0, 0.05) is 29.3 Å². The second kappa shape index (κ2) is 7.69. The van der Waals surface area contributed by atoms with E-state index in [1.807, 2.05) is 42.5 Å². The van der Waals surface area contributed by atoms with Gasteiger partial charge in [0.2, 0.25) is 5.91 Å². The number of methoxy groups -OCH3 is 1. The number of nitrogens with zero attached hydrogens (tertiary/aromatic N) is 1. The smallest absolute Gasteiger partial charge is 0.247 e. The molecule has 0 aromatic heterocycles. The molecule has 0 fully saturated rings. The minimum atomic E-state index is -0.113. The van der Waals surface area contributed by atoms with Gasteiger partial charge in [0.1, 0.15) is 5.75 Å². The summed E-state index contributed by atoms with van der Waals surface area (Å²) in [5.74, 6) is 0.622. The van der Waals surface area contributed by atoms with E-state index in [9.17, 15) is 9.59 Å². The fourth-order valence-electron chi connectivity index (χ4n) is 3.68. The van der Waals surface area contributed by atoms with E-state index < -0.39 is 0 Å². The van der Waals surface area contributed by atoms with Crippen molar-refractivity contribution in [3.63, 3.8) is 0 Å². The zero-order chi connectivity index (χ0) is 19.5. The van der Waals surface area contributed by atoms with Crippen molar-refractivity contribution in [2.75, 3.05) is 20.2 Å². The first-order valence-corrected chi connectivity index (χ1v) is 9.31. The van der Waals surface area contributed by atoms with E-state index in [1.54, 1.807) is 24.1 Å². The van der Waals surface area contributed by atoms with Gasteiger partial charge in [0.15, 0.2) is 5.78 Å². The van der Waals surface area contributed by atoms with Crippen molar-refractivity contribution in [1.82, 2.24) is 4.90 Å². The average Bonchev–Trinajstić information content (AvgIpc) is 3.12. The van der Waals surface area contributed by atoms with Crippen LogP contribution >= 0.6 is 0 Å². The Morgan fingerprint density at radius 3 is 2.54 bits per heavy atom. The molecule has 4 nitrogen and oxygen atoms in total. The van der Waals surface area contributed by atoms with Crippen LogP contribution in [0.3, 0.4) is 0 Å². The van der Waals surface area contributed by atoms with Crippen LogP contribution in [0.1, 0.15) is 15.9 Å². The molecule has 3 aromatic carbocycles. The summed E-state index contributed by atoms with van der Waals surface area (Å²) in [5, 5.41) is 2.27. The van der Waals surface area contributed by atoms with Crippen molar-refractivity contribution >= 4 is 22.5 Å². The van der Waals surface area contributed by atoms with Crippen LogP contribution in [0.4, 0.5) is 0 Å². The normalized spacial score (nSPS) is 13.7. The quantitative estimate of drug-likeness (QED) is 0.615. The summed E-state index contributed by atoms with van der Waals surface area (Å²) in [5.41, 5.74) is 2.23. The Kier molecular flexibility index (Phi) is 4.94. The van der Waals surface area contributed by atoms with Gasteiger partial charge < -0.3 is 9.64 Å². The molecular weight excluding hydrogens is 350 g/mol. The SMILES string of the molecule is COc1ccc2ccccc2c1CCN1CC(C(=O)c2ccccc2)=CC1=O. The molecule has 1 aliphatic heterocycles. The van der Waals surface area contributed by atoms with Gasteiger partial charge in [0.05, 0.1) is 13.7 Å². The lowest BCUT2D eigenvalue weighted by atomic mass is 10.0. The van der Waals surface area contributed by atoms with Gasteiger partial charge in [-0.15, -0.1) is 0 Å². The van der Waals surface area contributed by atoms with Gasteiger partial charge in [-0.25, -0.2) is 0 Å². The molecule has 1 aliphatic rings. The molecule has 0 unspecified atom stereocenters. The maximum Gasteiger partial charge on any atom is 0.247 e. The second-order valence-corrected chi connectivity index (χ2v) is 6.84. The van der Waals surface area contributed by atoms with Crippen molar-refractivity contribution in [1.29, 1.82) is 0 Å². The first kappa shape index (κ1) is 18.0. The standard InChI is InChI=1S/C24H21NO3/c1-28-22-12-11-17-7-5-6-10-20(17)21(22)13-14-25-16-19(15-23(25)26)24(27)18-8-3-2-4-9-18/h2-12,15H,13-14,16H2,1H3. The molecular formula is C24H21NO3. The van der Waals surface area contributed by atoms with Crippen LogP contribution in [0.15, 0.2) is 78.4 Å². The van der Waals surface area contributed by atoms with E-state index in [4.69, 9.17) is 4.74 Å². The molecule has 0 atom stereocenters. The molecule has 140 valence electrons. The number of carbonyl (C=O) groups excluding carboxylic acids is 2. The van der Waals surface area contributed by atoms with E-state index in [0.29, 0.717) is 30.6 Å². The zero-order valence-corrected chi connectivity index (χ0v) is 15.7. The van der Waals surface area contributed by atoms with Crippen molar-refractivity contribution < 1.29 is 14.3 Å². The number of ketones is 1. The van der Waals surface area contributed by atoms with E-state index >= 15 is 0 Å². The van der Waals surface area contributed by atoms with Gasteiger partial charge in [-0.3, -0.25) is 9.59 Å². The molecule has 4 rings (SSSR count). The Hall–Kier alpha value is -3.40.